The smallest absolute Gasteiger partial charge is 0.336 e. The Bertz CT molecular complexity index is 1270. The third-order valence-corrected chi connectivity index (χ3v) is 6.76. The molecule has 4 aromatic rings. The Morgan fingerprint density at radius 3 is 2.67 bits per heavy atom. The van der Waals surface area contributed by atoms with Crippen LogP contribution in [-0.4, -0.2) is 14.8 Å². The first kappa shape index (κ1) is 19.1. The predicted molar refractivity (Wildman–Crippen MR) is 119 cm³/mol. The minimum Gasteiger partial charge on any atom is -0.422 e. The molecule has 0 N–H and O–H groups in total. The maximum Gasteiger partial charge on any atom is 0.336 e. The summed E-state index contributed by atoms with van der Waals surface area (Å²) in [6.45, 7) is 4.79. The largest absolute Gasteiger partial charge is 0.422 e. The van der Waals surface area contributed by atoms with Gasteiger partial charge < -0.3 is 8.98 Å². The van der Waals surface area contributed by atoms with Crippen LogP contribution in [0.2, 0.25) is 0 Å². The second-order valence-corrected chi connectivity index (χ2v) is 8.89. The van der Waals surface area contributed by atoms with Gasteiger partial charge in [-0.05, 0) is 48.9 Å². The van der Waals surface area contributed by atoms with Gasteiger partial charge in [-0.1, -0.05) is 54.2 Å². The lowest BCUT2D eigenvalue weighted by molar-refractivity contribution is 0.557. The number of hydrogen-bond donors (Lipinski definition) is 0. The van der Waals surface area contributed by atoms with E-state index in [0.717, 1.165) is 39.6 Å². The Kier molecular flexibility index (Phi) is 4.95. The summed E-state index contributed by atoms with van der Waals surface area (Å²) >= 11 is 1.63. The van der Waals surface area contributed by atoms with Crippen LogP contribution in [0.25, 0.3) is 11.0 Å². The van der Waals surface area contributed by atoms with Crippen LogP contribution in [0.5, 0.6) is 0 Å². The van der Waals surface area contributed by atoms with E-state index in [9.17, 15) is 4.79 Å². The molecule has 5 nitrogen and oxygen atoms in total. The molecule has 0 amide bonds. The Morgan fingerprint density at radius 2 is 1.90 bits per heavy atom. The Labute approximate surface area is 179 Å². The molecule has 0 aliphatic heterocycles. The molecule has 0 spiro atoms. The number of hydrogen-bond acceptors (Lipinski definition) is 5. The number of rotatable bonds is 6. The van der Waals surface area contributed by atoms with Gasteiger partial charge in [0, 0.05) is 23.1 Å². The van der Waals surface area contributed by atoms with Crippen molar-refractivity contribution in [2.75, 3.05) is 0 Å². The van der Waals surface area contributed by atoms with Crippen molar-refractivity contribution in [3.63, 3.8) is 0 Å². The summed E-state index contributed by atoms with van der Waals surface area (Å²) in [6.07, 6.45) is 2.36. The highest BCUT2D eigenvalue weighted by atomic mass is 32.2. The van der Waals surface area contributed by atoms with Crippen molar-refractivity contribution in [3.8, 4) is 0 Å². The summed E-state index contributed by atoms with van der Waals surface area (Å²) < 4.78 is 7.75. The highest BCUT2D eigenvalue weighted by Crippen LogP contribution is 2.40. The monoisotopic (exact) mass is 417 g/mol. The molecule has 1 fully saturated rings. The summed E-state index contributed by atoms with van der Waals surface area (Å²) in [7, 11) is 0. The molecule has 2 aromatic carbocycles. The van der Waals surface area contributed by atoms with Crippen molar-refractivity contribution in [3.05, 3.63) is 87.0 Å². The normalized spacial score (nSPS) is 13.8. The fourth-order valence-corrected chi connectivity index (χ4v) is 4.69. The summed E-state index contributed by atoms with van der Waals surface area (Å²) in [4.78, 5) is 12.2. The topological polar surface area (TPSA) is 60.9 Å². The minimum atomic E-state index is -0.309. The molecule has 5 rings (SSSR count). The quantitative estimate of drug-likeness (QED) is 0.318. The third kappa shape index (κ3) is 3.67. The van der Waals surface area contributed by atoms with Gasteiger partial charge in [0.15, 0.2) is 5.16 Å². The summed E-state index contributed by atoms with van der Waals surface area (Å²) in [6, 6.07) is 16.1. The molecular formula is C24H23N3O2S. The second kappa shape index (κ2) is 7.76. The Morgan fingerprint density at radius 1 is 1.10 bits per heavy atom. The zero-order valence-corrected chi connectivity index (χ0v) is 17.9. The maximum absolute atomic E-state index is 12.2. The van der Waals surface area contributed by atoms with E-state index in [1.165, 1.54) is 18.4 Å². The van der Waals surface area contributed by atoms with Gasteiger partial charge in [0.25, 0.3) is 0 Å². The lowest BCUT2D eigenvalue weighted by Crippen LogP contribution is -2.06. The molecule has 152 valence electrons. The molecule has 2 aromatic heterocycles. The molecule has 0 unspecified atom stereocenters. The first-order valence-electron chi connectivity index (χ1n) is 10.2. The molecule has 6 heteroatoms. The molecule has 1 aliphatic rings. The van der Waals surface area contributed by atoms with Crippen molar-refractivity contribution in [1.29, 1.82) is 0 Å². The van der Waals surface area contributed by atoms with E-state index in [1.807, 2.05) is 26.0 Å². The van der Waals surface area contributed by atoms with E-state index in [-0.39, 0.29) is 5.63 Å². The summed E-state index contributed by atoms with van der Waals surface area (Å²) in [5.74, 6) is 2.23. The molecule has 0 bridgehead atoms. The second-order valence-electron chi connectivity index (χ2n) is 7.95. The van der Waals surface area contributed by atoms with Crippen LogP contribution in [0.1, 0.15) is 46.8 Å². The van der Waals surface area contributed by atoms with E-state index < -0.39 is 0 Å². The molecule has 0 atom stereocenters. The van der Waals surface area contributed by atoms with Crippen molar-refractivity contribution >= 4 is 22.7 Å². The van der Waals surface area contributed by atoms with Gasteiger partial charge in [-0.15, -0.1) is 10.2 Å². The predicted octanol–water partition coefficient (Wildman–Crippen LogP) is 5.22. The van der Waals surface area contributed by atoms with Crippen LogP contribution in [-0.2, 0) is 12.3 Å². The van der Waals surface area contributed by atoms with Gasteiger partial charge in [-0.2, -0.15) is 0 Å². The van der Waals surface area contributed by atoms with Crippen LogP contribution in [0.3, 0.4) is 0 Å². The average molecular weight is 418 g/mol. The minimum absolute atomic E-state index is 0.309. The highest BCUT2D eigenvalue weighted by Gasteiger charge is 2.30. The molecule has 30 heavy (non-hydrogen) atoms. The molecule has 1 saturated carbocycles. The molecule has 1 aliphatic carbocycles. The van der Waals surface area contributed by atoms with Crippen LogP contribution in [0.15, 0.2) is 62.9 Å². The van der Waals surface area contributed by atoms with Crippen LogP contribution in [0.4, 0.5) is 0 Å². The van der Waals surface area contributed by atoms with Crippen molar-refractivity contribution in [2.45, 2.75) is 50.1 Å². The molecule has 0 radical (unpaired) electrons. The van der Waals surface area contributed by atoms with Gasteiger partial charge >= 0.3 is 5.63 Å². The Balaban J connectivity index is 1.47. The average Bonchev–Trinajstić information content (AvgIpc) is 3.52. The van der Waals surface area contributed by atoms with Gasteiger partial charge in [0.1, 0.15) is 11.4 Å². The number of aromatic nitrogens is 3. The van der Waals surface area contributed by atoms with Crippen molar-refractivity contribution in [2.24, 2.45) is 0 Å². The van der Waals surface area contributed by atoms with E-state index in [0.29, 0.717) is 17.3 Å². The fraction of sp³-hybridized carbons (Fsp3) is 0.292. The Hall–Kier alpha value is -2.86. The first-order chi connectivity index (χ1) is 14.6. The third-order valence-electron chi connectivity index (χ3n) is 5.75. The highest BCUT2D eigenvalue weighted by molar-refractivity contribution is 7.98. The fourth-order valence-electron chi connectivity index (χ4n) is 3.75. The van der Waals surface area contributed by atoms with Crippen molar-refractivity contribution in [1.82, 2.24) is 14.8 Å². The lowest BCUT2D eigenvalue weighted by Gasteiger charge is -2.11. The van der Waals surface area contributed by atoms with Gasteiger partial charge in [-0.3, -0.25) is 0 Å². The molecule has 0 saturated heterocycles. The number of fused-ring (bicyclic) bond motifs is 1. The zero-order valence-electron chi connectivity index (χ0n) is 17.1. The van der Waals surface area contributed by atoms with E-state index in [1.54, 1.807) is 17.8 Å². The lowest BCUT2D eigenvalue weighted by atomic mass is 10.0. The zero-order chi connectivity index (χ0) is 20.7. The van der Waals surface area contributed by atoms with E-state index in [4.69, 9.17) is 4.42 Å². The van der Waals surface area contributed by atoms with E-state index >= 15 is 0 Å². The van der Waals surface area contributed by atoms with Crippen LogP contribution >= 0.6 is 11.8 Å². The van der Waals surface area contributed by atoms with Gasteiger partial charge in [-0.25, -0.2) is 4.79 Å². The number of thioether (sulfide) groups is 1. The number of benzene rings is 2. The number of nitrogens with zero attached hydrogens (tertiary/aromatic N) is 3. The molecule has 2 heterocycles. The van der Waals surface area contributed by atoms with Crippen LogP contribution in [0, 0.1) is 13.8 Å². The van der Waals surface area contributed by atoms with E-state index in [2.05, 4.69) is 45.1 Å². The maximum atomic E-state index is 12.2. The first-order valence-corrected chi connectivity index (χ1v) is 11.2. The summed E-state index contributed by atoms with van der Waals surface area (Å²) in [5, 5.41) is 10.9. The van der Waals surface area contributed by atoms with Crippen molar-refractivity contribution < 1.29 is 4.42 Å². The van der Waals surface area contributed by atoms with Crippen LogP contribution < -0.4 is 5.63 Å². The molecular weight excluding hydrogens is 394 g/mol. The van der Waals surface area contributed by atoms with Gasteiger partial charge in [0.05, 0.1) is 6.54 Å². The summed E-state index contributed by atoms with van der Waals surface area (Å²) in [5.41, 5.74) is 4.71. The SMILES string of the molecule is Cc1ccc2c(CSc3nnc(C4CC4)n3Cc3ccccc3)cc(=O)oc2c1C. The van der Waals surface area contributed by atoms with Gasteiger partial charge in [0.2, 0.25) is 0 Å². The standard InChI is InChI=1S/C24H23N3O2S/c1-15-8-11-20-19(12-21(28)29-22(20)16(15)2)14-30-24-26-25-23(18-9-10-18)27(24)13-17-6-4-3-5-7-17/h3-8,11-12,18H,9-10,13-14H2,1-2H3. The number of aryl methyl sites for hydroxylation is 2.